The van der Waals surface area contributed by atoms with Crippen molar-refractivity contribution in [3.05, 3.63) is 177 Å². The van der Waals surface area contributed by atoms with E-state index in [0.29, 0.717) is 11.4 Å². The van der Waals surface area contributed by atoms with Crippen LogP contribution >= 0.6 is 22.6 Å². The second-order valence-electron chi connectivity index (χ2n) is 8.96. The van der Waals surface area contributed by atoms with Crippen LogP contribution in [-0.2, 0) is 0 Å². The second-order valence-corrected chi connectivity index (χ2v) is 10.2. The molecule has 0 aliphatic heterocycles. The Morgan fingerprint density at radius 1 is 0.644 bits per heavy atom. The molecule has 216 valence electrons. The van der Waals surface area contributed by atoms with Gasteiger partial charge in [0.05, 0.1) is 46.0 Å². The third kappa shape index (κ3) is 9.76. The third-order valence-corrected chi connectivity index (χ3v) is 6.28. The molecule has 0 atom stereocenters. The van der Waals surface area contributed by atoms with E-state index in [1.807, 2.05) is 60.7 Å². The van der Waals surface area contributed by atoms with E-state index in [0.717, 1.165) is 20.3 Å². The predicted molar refractivity (Wildman–Crippen MR) is 179 cm³/mol. The van der Waals surface area contributed by atoms with Crippen molar-refractivity contribution in [2.45, 2.75) is 0 Å². The lowest BCUT2D eigenvalue weighted by Gasteiger charge is -2.01. The average Bonchev–Trinajstić information content (AvgIpc) is 3.74. The smallest absolute Gasteiger partial charge is 0.192 e. The number of halogens is 3. The molecule has 0 amide bonds. The molecule has 0 fully saturated rings. The van der Waals surface area contributed by atoms with Crippen molar-refractivity contribution in [3.8, 4) is 35.6 Å². The van der Waals surface area contributed by atoms with Crippen molar-refractivity contribution >= 4 is 34.0 Å². The zero-order valence-corrected chi connectivity index (χ0v) is 25.6. The van der Waals surface area contributed by atoms with Gasteiger partial charge in [-0.2, -0.15) is 10.2 Å². The molecule has 9 heteroatoms. The Balaban J connectivity index is 0.000000172. The fourth-order valence-electron chi connectivity index (χ4n) is 3.68. The summed E-state index contributed by atoms with van der Waals surface area (Å²) < 4.78 is 30.6. The van der Waals surface area contributed by atoms with Crippen LogP contribution in [0.3, 0.4) is 0 Å². The highest BCUT2D eigenvalue weighted by Crippen LogP contribution is 2.21. The van der Waals surface area contributed by atoms with Crippen molar-refractivity contribution in [2.24, 2.45) is 0 Å². The Hall–Kier alpha value is -6.01. The minimum Gasteiger partial charge on any atom is -0.241 e. The van der Waals surface area contributed by atoms with Gasteiger partial charge in [0, 0.05) is 23.5 Å². The van der Waals surface area contributed by atoms with Gasteiger partial charge in [-0.1, -0.05) is 54.2 Å². The SMILES string of the molecule is C#Cc1ccccc1.[C-]#[N+]c1cc(F)cc(-n2cc(C#Cc3ccccc3)cn2)c1.[C-]#[N+]c1cc(F)cc(-n2cc(I)cn2)c1. The van der Waals surface area contributed by atoms with E-state index in [9.17, 15) is 8.78 Å². The van der Waals surface area contributed by atoms with Gasteiger partial charge in [-0.05, 0) is 83.3 Å². The highest BCUT2D eigenvalue weighted by Gasteiger charge is 2.05. The van der Waals surface area contributed by atoms with Crippen LogP contribution < -0.4 is 0 Å². The first kappa shape index (κ1) is 31.9. The maximum atomic E-state index is 13.5. The summed E-state index contributed by atoms with van der Waals surface area (Å²) in [4.78, 5) is 6.43. The molecule has 0 aliphatic carbocycles. The largest absolute Gasteiger partial charge is 0.241 e. The van der Waals surface area contributed by atoms with E-state index in [2.05, 4.69) is 60.2 Å². The lowest BCUT2D eigenvalue weighted by Crippen LogP contribution is -1.94. The zero-order valence-electron chi connectivity index (χ0n) is 23.4. The van der Waals surface area contributed by atoms with Gasteiger partial charge in [0.2, 0.25) is 0 Å². The van der Waals surface area contributed by atoms with Gasteiger partial charge >= 0.3 is 0 Å². The molecule has 0 saturated carbocycles. The van der Waals surface area contributed by atoms with Crippen molar-refractivity contribution in [1.82, 2.24) is 19.6 Å². The Morgan fingerprint density at radius 3 is 1.60 bits per heavy atom. The fourth-order valence-corrected chi connectivity index (χ4v) is 4.07. The molecule has 0 aliphatic rings. The molecular weight excluding hydrogens is 681 g/mol. The summed E-state index contributed by atoms with van der Waals surface area (Å²) in [6, 6.07) is 27.5. The number of aromatic nitrogens is 4. The summed E-state index contributed by atoms with van der Waals surface area (Å²) in [7, 11) is 0. The molecule has 0 spiro atoms. The topological polar surface area (TPSA) is 44.4 Å². The average molecular weight is 703 g/mol. The van der Waals surface area contributed by atoms with Crippen LogP contribution in [0.5, 0.6) is 0 Å². The van der Waals surface area contributed by atoms with Gasteiger partial charge in [0.15, 0.2) is 11.4 Å². The number of rotatable bonds is 2. The molecule has 0 unspecified atom stereocenters. The Kier molecular flexibility index (Phi) is 11.4. The second kappa shape index (κ2) is 16.0. The molecule has 0 bridgehead atoms. The van der Waals surface area contributed by atoms with Gasteiger partial charge in [-0.25, -0.2) is 27.8 Å². The van der Waals surface area contributed by atoms with E-state index in [1.54, 1.807) is 41.6 Å². The summed E-state index contributed by atoms with van der Waals surface area (Å²) in [6.07, 6.45) is 11.9. The van der Waals surface area contributed by atoms with E-state index in [1.165, 1.54) is 28.9 Å². The van der Waals surface area contributed by atoms with Gasteiger partial charge in [-0.15, -0.1) is 6.42 Å². The summed E-state index contributed by atoms with van der Waals surface area (Å²) in [6.45, 7) is 13.8. The van der Waals surface area contributed by atoms with E-state index in [4.69, 9.17) is 19.6 Å². The van der Waals surface area contributed by atoms with Crippen LogP contribution in [0.2, 0.25) is 0 Å². The van der Waals surface area contributed by atoms with Gasteiger partial charge in [-0.3, -0.25) is 0 Å². The van der Waals surface area contributed by atoms with Crippen molar-refractivity contribution < 1.29 is 8.78 Å². The summed E-state index contributed by atoms with van der Waals surface area (Å²) in [5.74, 6) is 7.68. The highest BCUT2D eigenvalue weighted by atomic mass is 127. The summed E-state index contributed by atoms with van der Waals surface area (Å²) in [5.41, 5.74) is 4.14. The number of hydrogen-bond donors (Lipinski definition) is 0. The fraction of sp³-hybridized carbons (Fsp3) is 0. The Labute approximate surface area is 273 Å². The number of nitrogens with zero attached hydrogens (tertiary/aromatic N) is 6. The van der Waals surface area contributed by atoms with Crippen LogP contribution in [-0.4, -0.2) is 19.6 Å². The van der Waals surface area contributed by atoms with Gasteiger partial charge in [0.1, 0.15) is 11.6 Å². The first-order valence-corrected chi connectivity index (χ1v) is 14.1. The van der Waals surface area contributed by atoms with Crippen molar-refractivity contribution in [1.29, 1.82) is 0 Å². The number of hydrogen-bond acceptors (Lipinski definition) is 2. The molecule has 4 aromatic carbocycles. The monoisotopic (exact) mass is 702 g/mol. The lowest BCUT2D eigenvalue weighted by atomic mass is 10.2. The summed E-state index contributed by atoms with van der Waals surface area (Å²) >= 11 is 2.12. The molecular formula is C36H21F2IN6. The van der Waals surface area contributed by atoms with E-state index >= 15 is 0 Å². The van der Waals surface area contributed by atoms with Crippen molar-refractivity contribution in [3.63, 3.8) is 0 Å². The quantitative estimate of drug-likeness (QED) is 0.103. The van der Waals surface area contributed by atoms with Crippen molar-refractivity contribution in [2.75, 3.05) is 0 Å². The lowest BCUT2D eigenvalue weighted by molar-refractivity contribution is 0.626. The molecule has 0 radical (unpaired) electrons. The third-order valence-electron chi connectivity index (χ3n) is 5.72. The minimum atomic E-state index is -0.462. The molecule has 6 nitrogen and oxygen atoms in total. The predicted octanol–water partition coefficient (Wildman–Crippen LogP) is 8.80. The molecule has 2 aromatic heterocycles. The van der Waals surface area contributed by atoms with Crippen LogP contribution in [0.15, 0.2) is 122 Å². The van der Waals surface area contributed by atoms with Crippen LogP contribution in [0.25, 0.3) is 21.1 Å². The van der Waals surface area contributed by atoms with E-state index in [-0.39, 0.29) is 11.4 Å². The van der Waals surface area contributed by atoms with Gasteiger partial charge in [0.25, 0.3) is 0 Å². The summed E-state index contributed by atoms with van der Waals surface area (Å²) in [5, 5.41) is 8.20. The van der Waals surface area contributed by atoms with Crippen LogP contribution in [0.1, 0.15) is 16.7 Å². The first-order valence-electron chi connectivity index (χ1n) is 13.1. The standard InChI is InChI=1S/C18H10FN3.C10H5FIN3.C8H6/c1-20-17-9-16(19)10-18(11-17)22-13-15(12-21-22)8-7-14-5-3-2-4-6-14;1-13-9-2-7(11)3-10(4-9)15-6-8(12)5-14-15;1-2-8-6-4-3-5-7-8/h2-6,9-13H;2-6H;1,3-7H. The van der Waals surface area contributed by atoms with Gasteiger partial charge < -0.3 is 0 Å². The number of benzene rings is 4. The highest BCUT2D eigenvalue weighted by molar-refractivity contribution is 14.1. The molecule has 45 heavy (non-hydrogen) atoms. The molecule has 0 saturated heterocycles. The zero-order chi connectivity index (χ0) is 32.0. The molecule has 0 N–H and O–H groups in total. The Morgan fingerprint density at radius 2 is 1.13 bits per heavy atom. The Bertz CT molecular complexity index is 2090. The maximum absolute atomic E-state index is 13.5. The number of terminal acetylenes is 1. The first-order chi connectivity index (χ1) is 21.9. The minimum absolute atomic E-state index is 0.238. The molecule has 6 aromatic rings. The maximum Gasteiger partial charge on any atom is 0.192 e. The van der Waals surface area contributed by atoms with E-state index < -0.39 is 11.6 Å². The molecule has 6 rings (SSSR count). The normalized spacial score (nSPS) is 9.42. The molecule has 2 heterocycles. The van der Waals surface area contributed by atoms with Crippen LogP contribution in [0, 0.1) is 52.5 Å². The van der Waals surface area contributed by atoms with Crippen LogP contribution in [0.4, 0.5) is 20.2 Å².